The van der Waals surface area contributed by atoms with E-state index in [0.717, 1.165) is 4.68 Å². The van der Waals surface area contributed by atoms with Gasteiger partial charge in [-0.25, -0.2) is 4.68 Å². The first-order chi connectivity index (χ1) is 14.3. The van der Waals surface area contributed by atoms with E-state index in [-0.39, 0.29) is 33.9 Å². The van der Waals surface area contributed by atoms with Gasteiger partial charge in [-0.05, 0) is 24.8 Å². The largest absolute Gasteiger partial charge is 0.416 e. The van der Waals surface area contributed by atoms with Crippen LogP contribution in [0.15, 0.2) is 17.0 Å². The van der Waals surface area contributed by atoms with E-state index in [2.05, 4.69) is 10.4 Å². The molecule has 0 radical (unpaired) electrons. The van der Waals surface area contributed by atoms with E-state index in [1.54, 1.807) is 6.92 Å². The highest BCUT2D eigenvalue weighted by Gasteiger charge is 2.37. The van der Waals surface area contributed by atoms with E-state index in [1.165, 1.54) is 11.8 Å². The second-order valence-corrected chi connectivity index (χ2v) is 10.2. The number of rotatable bonds is 7. The van der Waals surface area contributed by atoms with Crippen molar-refractivity contribution in [3.05, 3.63) is 33.4 Å². The number of aromatic nitrogens is 2. The number of alkyl halides is 6. The molecule has 0 aliphatic carbocycles. The molecule has 0 bridgehead atoms. The van der Waals surface area contributed by atoms with Crippen LogP contribution in [0, 0.1) is 11.3 Å². The van der Waals surface area contributed by atoms with E-state index in [1.807, 2.05) is 13.0 Å². The van der Waals surface area contributed by atoms with Gasteiger partial charge in [0, 0.05) is 6.61 Å². The third-order valence-electron chi connectivity index (χ3n) is 3.69. The summed E-state index contributed by atoms with van der Waals surface area (Å²) in [7, 11) is 0. The van der Waals surface area contributed by atoms with Crippen molar-refractivity contribution in [2.75, 3.05) is 17.7 Å². The van der Waals surface area contributed by atoms with Crippen molar-refractivity contribution in [2.45, 2.75) is 34.9 Å². The molecular weight excluding hydrogens is 543 g/mol. The molecule has 1 aromatic carbocycles. The highest BCUT2D eigenvalue weighted by molar-refractivity contribution is 7.99. The number of thioether (sulfide) groups is 1. The van der Waals surface area contributed by atoms with Gasteiger partial charge in [-0.2, -0.15) is 23.5 Å². The van der Waals surface area contributed by atoms with Crippen LogP contribution in [-0.4, -0.2) is 32.2 Å². The molecule has 1 N–H and O–H groups in total. The molecule has 5 nitrogen and oxygen atoms in total. The Labute approximate surface area is 205 Å². The summed E-state index contributed by atoms with van der Waals surface area (Å²) in [6.45, 7) is 3.68. The zero-order valence-corrected chi connectivity index (χ0v) is 20.4. The quantitative estimate of drug-likeness (QED) is 0.220. The molecule has 2 aromatic rings. The Kier molecular flexibility index (Phi) is 8.96. The molecule has 0 saturated carbocycles. The molecule has 1 unspecified atom stereocenters. The molecular formula is C17H14Cl5F3N4OS. The number of hydrogen-bond donors (Lipinski definition) is 1. The molecule has 1 atom stereocenters. The summed E-state index contributed by atoms with van der Waals surface area (Å²) in [4.78, 5) is 0.357. The Morgan fingerprint density at radius 1 is 1.23 bits per heavy atom. The topological polar surface area (TPSA) is 62.9 Å². The molecule has 14 heteroatoms. The first-order valence-electron chi connectivity index (χ1n) is 8.52. The van der Waals surface area contributed by atoms with Crippen molar-refractivity contribution < 1.29 is 17.9 Å². The second kappa shape index (κ2) is 10.5. The minimum Gasteiger partial charge on any atom is -0.354 e. The van der Waals surface area contributed by atoms with Crippen LogP contribution in [0.5, 0.6) is 0 Å². The van der Waals surface area contributed by atoms with Crippen molar-refractivity contribution in [2.24, 2.45) is 0 Å². The van der Waals surface area contributed by atoms with Gasteiger partial charge in [0.25, 0.3) is 0 Å². The smallest absolute Gasteiger partial charge is 0.354 e. The molecule has 2 rings (SSSR count). The van der Waals surface area contributed by atoms with Crippen LogP contribution < -0.4 is 5.32 Å². The standard InChI is InChI=1S/C17H14Cl5F3N4OS/c1-3-30-15(16(20,21)22)27-14-13(31-4-2)11(7-26)28-29(14)12-9(18)5-8(6-10(12)19)17(23,24)25/h5-6,15,27H,3-4H2,1-2H3. The summed E-state index contributed by atoms with van der Waals surface area (Å²) < 4.78 is 44.0. The normalized spacial score (nSPS) is 13.2. The van der Waals surface area contributed by atoms with Crippen molar-refractivity contribution in [1.29, 1.82) is 5.26 Å². The maximum Gasteiger partial charge on any atom is 0.416 e. The van der Waals surface area contributed by atoms with Crippen molar-refractivity contribution in [3.63, 3.8) is 0 Å². The molecule has 0 fully saturated rings. The lowest BCUT2D eigenvalue weighted by Gasteiger charge is -2.27. The Morgan fingerprint density at radius 3 is 2.23 bits per heavy atom. The average Bonchev–Trinajstić information content (AvgIpc) is 2.97. The number of nitriles is 1. The SMILES string of the molecule is CCOC(Nc1c(SCC)c(C#N)nn1-c1c(Cl)cc(C(F)(F)F)cc1Cl)C(Cl)(Cl)Cl. The Morgan fingerprint density at radius 2 is 1.81 bits per heavy atom. The van der Waals surface area contributed by atoms with E-state index in [0.29, 0.717) is 22.8 Å². The number of nitrogens with one attached hydrogen (secondary N) is 1. The van der Waals surface area contributed by atoms with Crippen LogP contribution in [0.3, 0.4) is 0 Å². The highest BCUT2D eigenvalue weighted by Crippen LogP contribution is 2.42. The summed E-state index contributed by atoms with van der Waals surface area (Å²) in [5.41, 5.74) is -1.15. The van der Waals surface area contributed by atoms with Gasteiger partial charge >= 0.3 is 6.18 Å². The zero-order chi connectivity index (χ0) is 23.6. The summed E-state index contributed by atoms with van der Waals surface area (Å²) in [5, 5.41) is 15.9. The minimum absolute atomic E-state index is 0.0269. The monoisotopic (exact) mass is 554 g/mol. The number of ether oxygens (including phenoxy) is 1. The van der Waals surface area contributed by atoms with Gasteiger partial charge in [0.05, 0.1) is 20.5 Å². The number of anilines is 1. The molecule has 170 valence electrons. The van der Waals surface area contributed by atoms with E-state index in [9.17, 15) is 18.4 Å². The molecule has 31 heavy (non-hydrogen) atoms. The lowest BCUT2D eigenvalue weighted by Crippen LogP contribution is -2.37. The van der Waals surface area contributed by atoms with Crippen molar-refractivity contribution in [3.8, 4) is 11.8 Å². The Bertz CT molecular complexity index is 965. The zero-order valence-electron chi connectivity index (χ0n) is 15.8. The Hall–Kier alpha value is -0.730. The van der Waals surface area contributed by atoms with Gasteiger partial charge in [0.15, 0.2) is 11.9 Å². The summed E-state index contributed by atoms with van der Waals surface area (Å²) in [6.07, 6.45) is -5.85. The van der Waals surface area contributed by atoms with Gasteiger partial charge in [0.2, 0.25) is 3.79 Å². The molecule has 0 amide bonds. The summed E-state index contributed by atoms with van der Waals surface area (Å²) in [6, 6.07) is 3.35. The molecule has 0 aliphatic heterocycles. The lowest BCUT2D eigenvalue weighted by molar-refractivity contribution is -0.137. The maximum absolute atomic E-state index is 13.1. The lowest BCUT2D eigenvalue weighted by atomic mass is 10.2. The Balaban J connectivity index is 2.75. The van der Waals surface area contributed by atoms with E-state index in [4.69, 9.17) is 62.7 Å². The fraction of sp³-hybridized carbons (Fsp3) is 0.412. The minimum atomic E-state index is -4.66. The van der Waals surface area contributed by atoms with Crippen LogP contribution >= 0.6 is 69.8 Å². The van der Waals surface area contributed by atoms with Crippen LogP contribution in [0.2, 0.25) is 10.0 Å². The molecule has 1 aromatic heterocycles. The summed E-state index contributed by atoms with van der Waals surface area (Å²) >= 11 is 31.5. The fourth-order valence-electron chi connectivity index (χ4n) is 2.49. The first-order valence-corrected chi connectivity index (χ1v) is 11.4. The number of nitrogens with zero attached hydrogens (tertiary/aromatic N) is 3. The molecule has 0 aliphatic rings. The van der Waals surface area contributed by atoms with Gasteiger partial charge < -0.3 is 10.1 Å². The number of benzene rings is 1. The average molecular weight is 557 g/mol. The second-order valence-electron chi connectivity index (χ2n) is 5.79. The van der Waals surface area contributed by atoms with Crippen LogP contribution in [0.25, 0.3) is 5.69 Å². The third-order valence-corrected chi connectivity index (χ3v) is 5.83. The predicted molar refractivity (Wildman–Crippen MR) is 119 cm³/mol. The summed E-state index contributed by atoms with van der Waals surface area (Å²) in [5.74, 6) is 0.660. The van der Waals surface area contributed by atoms with Gasteiger partial charge in [0.1, 0.15) is 17.6 Å². The van der Waals surface area contributed by atoms with E-state index >= 15 is 0 Å². The van der Waals surface area contributed by atoms with Crippen molar-refractivity contribution >= 4 is 75.6 Å². The van der Waals surface area contributed by atoms with Crippen molar-refractivity contribution in [1.82, 2.24) is 9.78 Å². The first kappa shape index (κ1) is 26.5. The molecule has 0 saturated heterocycles. The van der Waals surface area contributed by atoms with E-state index < -0.39 is 21.8 Å². The van der Waals surface area contributed by atoms with Gasteiger partial charge in [-0.1, -0.05) is 64.9 Å². The highest BCUT2D eigenvalue weighted by atomic mass is 35.6. The third kappa shape index (κ3) is 6.20. The molecule has 1 heterocycles. The number of halogens is 8. The fourth-order valence-corrected chi connectivity index (χ4v) is 4.28. The molecule has 0 spiro atoms. The predicted octanol–water partition coefficient (Wildman–Crippen LogP) is 7.33. The van der Waals surface area contributed by atoms with Crippen LogP contribution in [0.4, 0.5) is 19.0 Å². The maximum atomic E-state index is 13.1. The van der Waals surface area contributed by atoms with Crippen LogP contribution in [-0.2, 0) is 10.9 Å². The van der Waals surface area contributed by atoms with Gasteiger partial charge in [-0.3, -0.25) is 0 Å². The number of hydrogen-bond acceptors (Lipinski definition) is 5. The van der Waals surface area contributed by atoms with Crippen LogP contribution in [0.1, 0.15) is 25.1 Å². The van der Waals surface area contributed by atoms with Gasteiger partial charge in [-0.15, -0.1) is 11.8 Å².